The molecule has 2 aliphatic heterocycles. The second-order valence-electron chi connectivity index (χ2n) is 6.80. The van der Waals surface area contributed by atoms with Crippen molar-refractivity contribution < 1.29 is 4.74 Å². The third kappa shape index (κ3) is 3.15. The number of ether oxygens (including phenoxy) is 1. The van der Waals surface area contributed by atoms with E-state index in [0.29, 0.717) is 5.02 Å². The number of halogens is 1. The molecule has 1 spiro atoms. The zero-order chi connectivity index (χ0) is 18.9. The Labute approximate surface area is 160 Å². The van der Waals surface area contributed by atoms with E-state index in [2.05, 4.69) is 27.0 Å². The van der Waals surface area contributed by atoms with Crippen LogP contribution in [0.25, 0.3) is 0 Å². The van der Waals surface area contributed by atoms with Crippen molar-refractivity contribution in [3.05, 3.63) is 40.2 Å². The predicted molar refractivity (Wildman–Crippen MR) is 102 cm³/mol. The molecule has 4 heterocycles. The van der Waals surface area contributed by atoms with E-state index in [1.54, 1.807) is 6.33 Å². The Balaban J connectivity index is 0.000000948. The van der Waals surface area contributed by atoms with Crippen LogP contribution in [0.4, 0.5) is 0 Å². The van der Waals surface area contributed by atoms with E-state index in [1.807, 2.05) is 33.8 Å². The molecule has 1 fully saturated rings. The first-order valence-electron chi connectivity index (χ1n) is 9.44. The number of nitrogens with one attached hydrogen (secondary N) is 1. The highest BCUT2D eigenvalue weighted by Gasteiger charge is 2.49. The molecule has 0 aliphatic carbocycles. The highest BCUT2D eigenvalue weighted by molar-refractivity contribution is 6.31. The number of piperidine rings is 1. The third-order valence-electron chi connectivity index (χ3n) is 5.31. The maximum atomic E-state index is 6.67. The van der Waals surface area contributed by atoms with Gasteiger partial charge in [0.2, 0.25) is 0 Å². The topological polar surface area (TPSA) is 64.9 Å². The van der Waals surface area contributed by atoms with Gasteiger partial charge in [0.15, 0.2) is 0 Å². The van der Waals surface area contributed by atoms with Crippen molar-refractivity contribution in [1.82, 2.24) is 25.1 Å². The molecule has 0 saturated carbocycles. The normalized spacial score (nSPS) is 21.8. The Kier molecular flexibility index (Phi) is 5.65. The van der Waals surface area contributed by atoms with Crippen LogP contribution in [-0.4, -0.2) is 32.8 Å². The van der Waals surface area contributed by atoms with E-state index in [0.717, 1.165) is 48.7 Å². The Bertz CT molecular complexity index is 769. The number of hydrogen-bond acceptors (Lipinski definition) is 5. The molecule has 0 aromatic carbocycles. The average molecular weight is 378 g/mol. The van der Waals surface area contributed by atoms with E-state index in [-0.39, 0.29) is 17.7 Å². The molecule has 142 valence electrons. The molecule has 1 saturated heterocycles. The van der Waals surface area contributed by atoms with Gasteiger partial charge in [0, 0.05) is 5.56 Å². The molecule has 2 aromatic heterocycles. The quantitative estimate of drug-likeness (QED) is 0.860. The smallest absolute Gasteiger partial charge is 0.129 e. The van der Waals surface area contributed by atoms with Crippen LogP contribution < -0.4 is 5.32 Å². The van der Waals surface area contributed by atoms with Crippen molar-refractivity contribution in [3.8, 4) is 0 Å². The van der Waals surface area contributed by atoms with Gasteiger partial charge in [-0.05, 0) is 52.8 Å². The first kappa shape index (κ1) is 19.3. The van der Waals surface area contributed by atoms with Gasteiger partial charge in [-0.25, -0.2) is 0 Å². The number of rotatable bonds is 2. The van der Waals surface area contributed by atoms with Gasteiger partial charge < -0.3 is 14.6 Å². The molecule has 0 radical (unpaired) electrons. The lowest BCUT2D eigenvalue weighted by molar-refractivity contribution is -0.111. The number of nitrogens with zero attached hydrogens (tertiary/aromatic N) is 4. The van der Waals surface area contributed by atoms with E-state index >= 15 is 0 Å². The van der Waals surface area contributed by atoms with Crippen molar-refractivity contribution in [1.29, 1.82) is 0 Å². The van der Waals surface area contributed by atoms with Gasteiger partial charge in [-0.3, -0.25) is 4.98 Å². The molecule has 6 nitrogen and oxygen atoms in total. The zero-order valence-electron chi connectivity index (χ0n) is 16.2. The van der Waals surface area contributed by atoms with Gasteiger partial charge in [-0.1, -0.05) is 25.4 Å². The fraction of sp³-hybridized carbons (Fsp3) is 0.632. The fourth-order valence-corrected chi connectivity index (χ4v) is 4.09. The third-order valence-corrected chi connectivity index (χ3v) is 5.69. The summed E-state index contributed by atoms with van der Waals surface area (Å²) in [5.41, 5.74) is 2.73. The lowest BCUT2D eigenvalue weighted by Gasteiger charge is -2.35. The van der Waals surface area contributed by atoms with Gasteiger partial charge in [0.05, 0.1) is 22.5 Å². The summed E-state index contributed by atoms with van der Waals surface area (Å²) in [5.74, 6) is 0.880. The Morgan fingerprint density at radius 1 is 1.31 bits per heavy atom. The number of aryl methyl sites for hydroxylation is 2. The molecule has 0 bridgehead atoms. The molecule has 4 rings (SSSR count). The van der Waals surface area contributed by atoms with Crippen LogP contribution in [0.3, 0.4) is 0 Å². The molecule has 2 aliphatic rings. The van der Waals surface area contributed by atoms with Gasteiger partial charge in [-0.2, -0.15) is 0 Å². The largest absolute Gasteiger partial charge is 0.358 e. The summed E-state index contributed by atoms with van der Waals surface area (Å²) in [4.78, 5) is 4.84. The standard InChI is InChI=1S/C17H22ClN5O.C2H6/c1-10-14(18)8-13-15(11(2)23-9-20-22-12(23)3)24-17(16(13)21-10)4-6-19-7-5-17;1-2/h8-9,11,15,19H,4-7H2,1-3H3;1-2H3. The second-order valence-corrected chi connectivity index (χ2v) is 7.21. The molecule has 2 atom stereocenters. The van der Waals surface area contributed by atoms with Crippen molar-refractivity contribution >= 4 is 11.6 Å². The number of aromatic nitrogens is 4. The summed E-state index contributed by atoms with van der Waals surface area (Å²) in [5, 5.41) is 12.2. The molecule has 2 unspecified atom stereocenters. The van der Waals surface area contributed by atoms with E-state index < -0.39 is 0 Å². The van der Waals surface area contributed by atoms with Crippen LogP contribution in [0.1, 0.15) is 68.5 Å². The summed E-state index contributed by atoms with van der Waals surface area (Å²) >= 11 is 6.38. The van der Waals surface area contributed by atoms with E-state index in [1.165, 1.54) is 0 Å². The van der Waals surface area contributed by atoms with Crippen LogP contribution in [0, 0.1) is 13.8 Å². The van der Waals surface area contributed by atoms with Crippen LogP contribution in [-0.2, 0) is 10.3 Å². The highest BCUT2D eigenvalue weighted by Crippen LogP contribution is 2.51. The van der Waals surface area contributed by atoms with Gasteiger partial charge in [-0.15, -0.1) is 10.2 Å². The summed E-state index contributed by atoms with van der Waals surface area (Å²) < 4.78 is 8.73. The summed E-state index contributed by atoms with van der Waals surface area (Å²) in [6, 6.07) is 2.12. The van der Waals surface area contributed by atoms with Crippen molar-refractivity contribution in [2.24, 2.45) is 0 Å². The van der Waals surface area contributed by atoms with Gasteiger partial charge in [0.25, 0.3) is 0 Å². The minimum atomic E-state index is -0.309. The highest BCUT2D eigenvalue weighted by atomic mass is 35.5. The lowest BCUT2D eigenvalue weighted by Crippen LogP contribution is -2.40. The van der Waals surface area contributed by atoms with Gasteiger partial charge in [0.1, 0.15) is 23.9 Å². The summed E-state index contributed by atoms with van der Waals surface area (Å²) in [7, 11) is 0. The number of fused-ring (bicyclic) bond motifs is 2. The molecule has 2 aromatic rings. The minimum Gasteiger partial charge on any atom is -0.358 e. The molecular weight excluding hydrogens is 350 g/mol. The Hall–Kier alpha value is -1.50. The van der Waals surface area contributed by atoms with Crippen molar-refractivity contribution in [3.63, 3.8) is 0 Å². The Morgan fingerprint density at radius 3 is 2.62 bits per heavy atom. The SMILES string of the molecule is CC.Cc1nc2c(cc1Cl)C(C(C)n1cnnc1C)OC21CCNCC1. The van der Waals surface area contributed by atoms with E-state index in [9.17, 15) is 0 Å². The van der Waals surface area contributed by atoms with Crippen LogP contribution in [0.2, 0.25) is 5.02 Å². The molecule has 26 heavy (non-hydrogen) atoms. The average Bonchev–Trinajstić information content (AvgIpc) is 3.20. The Morgan fingerprint density at radius 2 is 2.00 bits per heavy atom. The molecular formula is C19H28ClN5O. The maximum Gasteiger partial charge on any atom is 0.129 e. The number of pyridine rings is 1. The molecule has 7 heteroatoms. The van der Waals surface area contributed by atoms with Crippen LogP contribution >= 0.6 is 11.6 Å². The number of hydrogen-bond donors (Lipinski definition) is 1. The van der Waals surface area contributed by atoms with Crippen molar-refractivity contribution in [2.75, 3.05) is 13.1 Å². The zero-order valence-corrected chi connectivity index (χ0v) is 17.0. The van der Waals surface area contributed by atoms with Crippen molar-refractivity contribution in [2.45, 2.75) is 65.2 Å². The van der Waals surface area contributed by atoms with Crippen LogP contribution in [0.15, 0.2) is 12.4 Å². The monoisotopic (exact) mass is 377 g/mol. The maximum absolute atomic E-state index is 6.67. The summed E-state index contributed by atoms with van der Waals surface area (Å²) in [6.07, 6.45) is 3.52. The molecule has 0 amide bonds. The predicted octanol–water partition coefficient (Wildman–Crippen LogP) is 3.88. The fourth-order valence-electron chi connectivity index (χ4n) is 3.93. The summed E-state index contributed by atoms with van der Waals surface area (Å²) in [6.45, 7) is 11.9. The first-order valence-corrected chi connectivity index (χ1v) is 9.82. The van der Waals surface area contributed by atoms with Crippen LogP contribution in [0.5, 0.6) is 0 Å². The molecule has 1 N–H and O–H groups in total. The second kappa shape index (κ2) is 7.62. The first-order chi connectivity index (χ1) is 12.5. The van der Waals surface area contributed by atoms with E-state index in [4.69, 9.17) is 21.3 Å². The lowest BCUT2D eigenvalue weighted by atomic mass is 9.87. The minimum absolute atomic E-state index is 0.0774. The van der Waals surface area contributed by atoms with Gasteiger partial charge >= 0.3 is 0 Å².